The Morgan fingerprint density at radius 2 is 2.14 bits per heavy atom. The molecule has 0 radical (unpaired) electrons. The van der Waals surface area contributed by atoms with Gasteiger partial charge in [0.15, 0.2) is 0 Å². The summed E-state index contributed by atoms with van der Waals surface area (Å²) in [7, 11) is 0. The molecule has 0 unspecified atom stereocenters. The molecule has 2 heterocycles. The largest absolute Gasteiger partial charge is 0.365 e. The highest BCUT2D eigenvalue weighted by Crippen LogP contribution is 2.29. The van der Waals surface area contributed by atoms with Crippen molar-refractivity contribution in [2.75, 3.05) is 10.7 Å². The van der Waals surface area contributed by atoms with Crippen molar-refractivity contribution < 1.29 is 4.39 Å². The first-order valence-electron chi connectivity index (χ1n) is 6.39. The van der Waals surface area contributed by atoms with Crippen LogP contribution in [0, 0.1) is 12.7 Å². The second-order valence-electron chi connectivity index (χ2n) is 4.60. The van der Waals surface area contributed by atoms with Gasteiger partial charge >= 0.3 is 0 Å². The summed E-state index contributed by atoms with van der Waals surface area (Å²) >= 11 is 1.57. The number of nitrogens with two attached hydrogens (primary N) is 1. The van der Waals surface area contributed by atoms with Gasteiger partial charge in [-0.1, -0.05) is 12.1 Å². The van der Waals surface area contributed by atoms with Crippen molar-refractivity contribution in [1.29, 1.82) is 0 Å². The number of anilines is 2. The number of rotatable bonds is 4. The van der Waals surface area contributed by atoms with E-state index in [0.717, 1.165) is 20.7 Å². The first-order valence-corrected chi connectivity index (χ1v) is 7.20. The lowest BCUT2D eigenvalue weighted by Crippen LogP contribution is -2.12. The van der Waals surface area contributed by atoms with Crippen molar-refractivity contribution in [3.05, 3.63) is 46.6 Å². The van der Waals surface area contributed by atoms with Gasteiger partial charge in [-0.2, -0.15) is 4.98 Å². The predicted octanol–water partition coefficient (Wildman–Crippen LogP) is 3.04. The fraction of sp³-hybridized carbons (Fsp3) is 0.143. The average molecular weight is 303 g/mol. The Kier molecular flexibility index (Phi) is 3.68. The maximum atomic E-state index is 13.2. The van der Waals surface area contributed by atoms with E-state index in [1.54, 1.807) is 17.4 Å². The molecule has 21 heavy (non-hydrogen) atoms. The van der Waals surface area contributed by atoms with Crippen molar-refractivity contribution >= 4 is 33.3 Å². The van der Waals surface area contributed by atoms with Crippen LogP contribution in [0.5, 0.6) is 0 Å². The van der Waals surface area contributed by atoms with E-state index in [0.29, 0.717) is 18.3 Å². The van der Waals surface area contributed by atoms with Gasteiger partial charge in [0.2, 0.25) is 5.95 Å². The van der Waals surface area contributed by atoms with Crippen molar-refractivity contribution in [1.82, 2.24) is 9.97 Å². The lowest BCUT2D eigenvalue weighted by molar-refractivity contribution is 0.626. The van der Waals surface area contributed by atoms with E-state index in [-0.39, 0.29) is 5.82 Å². The van der Waals surface area contributed by atoms with Gasteiger partial charge in [-0.3, -0.25) is 5.43 Å². The Balaban J connectivity index is 1.92. The van der Waals surface area contributed by atoms with Gasteiger partial charge in [0.05, 0.1) is 5.39 Å². The number of nitrogens with one attached hydrogen (secondary N) is 2. The zero-order chi connectivity index (χ0) is 14.8. The number of hydrogen-bond acceptors (Lipinski definition) is 6. The fourth-order valence-corrected chi connectivity index (χ4v) is 2.95. The average Bonchev–Trinajstić information content (AvgIpc) is 2.85. The van der Waals surface area contributed by atoms with Crippen LogP contribution in [0.25, 0.3) is 10.2 Å². The molecule has 4 N–H and O–H groups in total. The summed E-state index contributed by atoms with van der Waals surface area (Å²) in [5.74, 6) is 6.18. The molecule has 3 aromatic rings. The Bertz CT molecular complexity index is 786. The number of nitrogens with zero attached hydrogens (tertiary/aromatic N) is 2. The van der Waals surface area contributed by atoms with E-state index >= 15 is 0 Å². The SMILES string of the molecule is Cc1cc2c(NCc3cccc(F)c3)nc(NN)nc2s1. The van der Waals surface area contributed by atoms with E-state index in [1.807, 2.05) is 19.1 Å². The van der Waals surface area contributed by atoms with Gasteiger partial charge in [0.25, 0.3) is 0 Å². The second kappa shape index (κ2) is 5.63. The highest BCUT2D eigenvalue weighted by atomic mass is 32.1. The van der Waals surface area contributed by atoms with Crippen molar-refractivity contribution in [2.45, 2.75) is 13.5 Å². The van der Waals surface area contributed by atoms with Crippen molar-refractivity contribution in [3.8, 4) is 0 Å². The van der Waals surface area contributed by atoms with Gasteiger partial charge in [0, 0.05) is 11.4 Å². The van der Waals surface area contributed by atoms with Gasteiger partial charge in [-0.05, 0) is 30.7 Å². The number of benzene rings is 1. The summed E-state index contributed by atoms with van der Waals surface area (Å²) in [5.41, 5.74) is 3.30. The number of nitrogen functional groups attached to an aromatic ring is 1. The molecule has 0 aliphatic rings. The molecular weight excluding hydrogens is 289 g/mol. The molecule has 0 fully saturated rings. The van der Waals surface area contributed by atoms with E-state index in [2.05, 4.69) is 20.7 Å². The number of aromatic nitrogens is 2. The van der Waals surface area contributed by atoms with Crippen LogP contribution in [-0.4, -0.2) is 9.97 Å². The maximum absolute atomic E-state index is 13.2. The second-order valence-corrected chi connectivity index (χ2v) is 5.83. The fourth-order valence-electron chi connectivity index (χ4n) is 2.07. The number of hydrazine groups is 1. The smallest absolute Gasteiger partial charge is 0.240 e. The minimum atomic E-state index is -0.252. The Morgan fingerprint density at radius 3 is 2.90 bits per heavy atom. The van der Waals surface area contributed by atoms with E-state index in [4.69, 9.17) is 5.84 Å². The molecule has 0 aliphatic heterocycles. The van der Waals surface area contributed by atoms with E-state index < -0.39 is 0 Å². The number of hydrogen-bond donors (Lipinski definition) is 3. The molecule has 7 heteroatoms. The third-order valence-electron chi connectivity index (χ3n) is 2.99. The summed E-state index contributed by atoms with van der Waals surface area (Å²) in [4.78, 5) is 10.6. The van der Waals surface area contributed by atoms with Crippen LogP contribution in [0.2, 0.25) is 0 Å². The molecule has 1 aromatic carbocycles. The number of halogens is 1. The highest BCUT2D eigenvalue weighted by Gasteiger charge is 2.10. The summed E-state index contributed by atoms with van der Waals surface area (Å²) in [6, 6.07) is 8.48. The molecule has 0 saturated carbocycles. The molecule has 0 spiro atoms. The summed E-state index contributed by atoms with van der Waals surface area (Å²) < 4.78 is 13.2. The van der Waals surface area contributed by atoms with Crippen LogP contribution in [0.1, 0.15) is 10.4 Å². The Morgan fingerprint density at radius 1 is 1.29 bits per heavy atom. The minimum absolute atomic E-state index is 0.252. The summed E-state index contributed by atoms with van der Waals surface area (Å²) in [6.45, 7) is 2.49. The number of aryl methyl sites for hydroxylation is 1. The molecule has 0 amide bonds. The third kappa shape index (κ3) is 2.93. The van der Waals surface area contributed by atoms with Crippen LogP contribution >= 0.6 is 11.3 Å². The van der Waals surface area contributed by atoms with Gasteiger partial charge in [-0.15, -0.1) is 11.3 Å². The first kappa shape index (κ1) is 13.7. The lowest BCUT2D eigenvalue weighted by atomic mass is 10.2. The highest BCUT2D eigenvalue weighted by molar-refractivity contribution is 7.18. The molecule has 0 atom stereocenters. The van der Waals surface area contributed by atoms with Crippen LogP contribution < -0.4 is 16.6 Å². The molecule has 0 saturated heterocycles. The predicted molar refractivity (Wildman–Crippen MR) is 83.7 cm³/mol. The van der Waals surface area contributed by atoms with Gasteiger partial charge < -0.3 is 5.32 Å². The lowest BCUT2D eigenvalue weighted by Gasteiger charge is -2.08. The first-order chi connectivity index (χ1) is 10.2. The molecule has 2 aromatic heterocycles. The molecular formula is C14H14FN5S. The van der Waals surface area contributed by atoms with E-state index in [9.17, 15) is 4.39 Å². The third-order valence-corrected chi connectivity index (χ3v) is 3.94. The van der Waals surface area contributed by atoms with Crippen molar-refractivity contribution in [2.24, 2.45) is 5.84 Å². The van der Waals surface area contributed by atoms with Crippen LogP contribution in [-0.2, 0) is 6.54 Å². The van der Waals surface area contributed by atoms with Crippen LogP contribution in [0.3, 0.4) is 0 Å². The summed E-state index contributed by atoms with van der Waals surface area (Å²) in [5, 5.41) is 4.15. The number of thiophene rings is 1. The topological polar surface area (TPSA) is 75.9 Å². The zero-order valence-corrected chi connectivity index (χ0v) is 12.2. The molecule has 0 bridgehead atoms. The summed E-state index contributed by atoms with van der Waals surface area (Å²) in [6.07, 6.45) is 0. The quantitative estimate of drug-likeness (QED) is 0.510. The van der Waals surface area contributed by atoms with Gasteiger partial charge in [-0.25, -0.2) is 15.2 Å². The normalized spacial score (nSPS) is 10.8. The standard InChI is InChI=1S/C14H14FN5S/c1-8-5-11-12(18-14(20-16)19-13(11)21-8)17-7-9-3-2-4-10(15)6-9/h2-6H,7,16H2,1H3,(H2,17,18,19,20). The molecule has 5 nitrogen and oxygen atoms in total. The van der Waals surface area contributed by atoms with Gasteiger partial charge in [0.1, 0.15) is 16.5 Å². The Hall–Kier alpha value is -2.25. The molecule has 3 rings (SSSR count). The van der Waals surface area contributed by atoms with E-state index in [1.165, 1.54) is 12.1 Å². The molecule has 0 aliphatic carbocycles. The minimum Gasteiger partial charge on any atom is -0.365 e. The number of fused-ring (bicyclic) bond motifs is 1. The monoisotopic (exact) mass is 303 g/mol. The van der Waals surface area contributed by atoms with Crippen LogP contribution in [0.15, 0.2) is 30.3 Å². The van der Waals surface area contributed by atoms with Crippen molar-refractivity contribution in [3.63, 3.8) is 0 Å². The zero-order valence-electron chi connectivity index (χ0n) is 11.4. The van der Waals surface area contributed by atoms with Crippen LogP contribution in [0.4, 0.5) is 16.2 Å². The molecule has 108 valence electrons. The Labute approximate surface area is 125 Å². The maximum Gasteiger partial charge on any atom is 0.240 e.